The molecule has 0 amide bonds. The lowest BCUT2D eigenvalue weighted by molar-refractivity contribution is -0.187. The number of anilines is 1. The predicted molar refractivity (Wildman–Crippen MR) is 118 cm³/mol. The van der Waals surface area contributed by atoms with Crippen LogP contribution in [-0.4, -0.2) is 59.5 Å². The number of alkyl halides is 3. The molecule has 2 aromatic heterocycles. The number of hydrogen-bond acceptors (Lipinski definition) is 6. The predicted octanol–water partition coefficient (Wildman–Crippen LogP) is 4.79. The van der Waals surface area contributed by atoms with Gasteiger partial charge in [0.2, 0.25) is 11.8 Å². The van der Waals surface area contributed by atoms with E-state index in [-0.39, 0.29) is 31.3 Å². The number of fused-ring (bicyclic) bond motifs is 2. The van der Waals surface area contributed by atoms with Crippen molar-refractivity contribution >= 4 is 28.2 Å². The molecule has 6 nitrogen and oxygen atoms in total. The largest absolute Gasteiger partial charge is 0.424 e. The number of pyridine rings is 1. The Morgan fingerprint density at radius 2 is 1.91 bits per heavy atom. The van der Waals surface area contributed by atoms with Crippen molar-refractivity contribution in [3.8, 4) is 0 Å². The number of nitrogens with zero attached hydrogens (tertiary/aromatic N) is 5. The van der Waals surface area contributed by atoms with Crippen molar-refractivity contribution in [3.05, 3.63) is 47.3 Å². The van der Waals surface area contributed by atoms with Crippen LogP contribution in [0.25, 0.3) is 10.9 Å². The first-order valence-corrected chi connectivity index (χ1v) is 11.5. The van der Waals surface area contributed by atoms with E-state index in [2.05, 4.69) is 27.1 Å². The van der Waals surface area contributed by atoms with Crippen LogP contribution < -0.4 is 4.90 Å². The molecule has 3 aliphatic rings. The third-order valence-electron chi connectivity index (χ3n) is 7.81. The van der Waals surface area contributed by atoms with Crippen molar-refractivity contribution in [2.45, 2.75) is 36.8 Å². The normalized spacial score (nSPS) is 28.5. The minimum Gasteiger partial charge on any atom is -0.424 e. The monoisotopic (exact) mass is 477 g/mol. The summed E-state index contributed by atoms with van der Waals surface area (Å²) in [6.07, 6.45) is -1.05. The van der Waals surface area contributed by atoms with E-state index < -0.39 is 17.0 Å². The van der Waals surface area contributed by atoms with Crippen molar-refractivity contribution < 1.29 is 17.6 Å². The van der Waals surface area contributed by atoms with Crippen LogP contribution >= 0.6 is 11.6 Å². The number of rotatable bonds is 3. The van der Waals surface area contributed by atoms with Gasteiger partial charge in [-0.1, -0.05) is 11.6 Å². The lowest BCUT2D eigenvalue weighted by Gasteiger charge is -2.26. The van der Waals surface area contributed by atoms with Gasteiger partial charge in [0.25, 0.3) is 0 Å². The Balaban J connectivity index is 1.37. The van der Waals surface area contributed by atoms with E-state index in [1.54, 1.807) is 29.3 Å². The summed E-state index contributed by atoms with van der Waals surface area (Å²) in [6, 6.07) is 7.06. The fraction of sp³-hybridized carbons (Fsp3) is 0.522. The van der Waals surface area contributed by atoms with Crippen molar-refractivity contribution in [2.75, 3.05) is 38.1 Å². The molecule has 1 saturated carbocycles. The van der Waals surface area contributed by atoms with E-state index in [0.29, 0.717) is 22.1 Å². The van der Waals surface area contributed by atoms with Gasteiger partial charge in [0.05, 0.1) is 16.0 Å². The maximum absolute atomic E-state index is 14.4. The first-order valence-electron chi connectivity index (χ1n) is 11.1. The minimum absolute atomic E-state index is 0.0290. The molecule has 2 atom stereocenters. The zero-order valence-corrected chi connectivity index (χ0v) is 18.8. The van der Waals surface area contributed by atoms with Gasteiger partial charge in [-0.15, -0.1) is 10.2 Å². The van der Waals surface area contributed by atoms with E-state index in [4.69, 9.17) is 16.0 Å². The van der Waals surface area contributed by atoms with Crippen LogP contribution in [-0.2, 0) is 5.41 Å². The fourth-order valence-electron chi connectivity index (χ4n) is 5.82. The SMILES string of the molecule is CN1CCC(c2nnc([C@]34CN(c5ccc(Cl)c6ncccc56)C[C@@]3(C(F)(F)F)C4)o2)CC1. The minimum atomic E-state index is -4.38. The molecule has 0 N–H and O–H groups in total. The number of halogens is 4. The van der Waals surface area contributed by atoms with Gasteiger partial charge in [-0.3, -0.25) is 4.98 Å². The molecule has 6 rings (SSSR count). The van der Waals surface area contributed by atoms with Crippen molar-refractivity contribution in [1.82, 2.24) is 20.1 Å². The Labute approximate surface area is 193 Å². The second kappa shape index (κ2) is 7.06. The molecule has 1 aromatic carbocycles. The molecule has 1 aliphatic carbocycles. The maximum atomic E-state index is 14.4. The smallest absolute Gasteiger partial charge is 0.397 e. The third-order valence-corrected chi connectivity index (χ3v) is 8.12. The number of likely N-dealkylation sites (tertiary alicyclic amines) is 1. The first-order chi connectivity index (χ1) is 15.7. The van der Waals surface area contributed by atoms with Crippen LogP contribution in [0.15, 0.2) is 34.9 Å². The molecule has 174 valence electrons. The van der Waals surface area contributed by atoms with Gasteiger partial charge in [0.15, 0.2) is 0 Å². The van der Waals surface area contributed by atoms with E-state index in [9.17, 15) is 13.2 Å². The van der Waals surface area contributed by atoms with Crippen LogP contribution in [0.2, 0.25) is 5.02 Å². The first kappa shape index (κ1) is 21.2. The van der Waals surface area contributed by atoms with Gasteiger partial charge < -0.3 is 14.2 Å². The van der Waals surface area contributed by atoms with Crippen molar-refractivity contribution in [2.24, 2.45) is 5.41 Å². The summed E-state index contributed by atoms with van der Waals surface area (Å²) in [5.41, 5.74) is -1.86. The van der Waals surface area contributed by atoms with Crippen molar-refractivity contribution in [1.29, 1.82) is 0 Å². The summed E-state index contributed by atoms with van der Waals surface area (Å²) < 4.78 is 49.3. The molecule has 2 aliphatic heterocycles. The number of aromatic nitrogens is 3. The average Bonchev–Trinajstić information content (AvgIpc) is 3.11. The zero-order valence-electron chi connectivity index (χ0n) is 18.1. The lowest BCUT2D eigenvalue weighted by Crippen LogP contribution is -2.34. The number of hydrogen-bond donors (Lipinski definition) is 0. The summed E-state index contributed by atoms with van der Waals surface area (Å²) in [5, 5.41) is 9.59. The number of piperidine rings is 2. The molecule has 3 fully saturated rings. The van der Waals surface area contributed by atoms with Crippen molar-refractivity contribution in [3.63, 3.8) is 0 Å². The molecule has 2 saturated heterocycles. The third kappa shape index (κ3) is 3.01. The van der Waals surface area contributed by atoms with Gasteiger partial charge in [0.1, 0.15) is 5.41 Å². The maximum Gasteiger partial charge on any atom is 0.397 e. The summed E-state index contributed by atoms with van der Waals surface area (Å²) in [7, 11) is 2.05. The summed E-state index contributed by atoms with van der Waals surface area (Å²) in [5.74, 6) is 0.685. The Morgan fingerprint density at radius 3 is 2.67 bits per heavy atom. The van der Waals surface area contributed by atoms with Gasteiger partial charge in [-0.05, 0) is 63.7 Å². The second-order valence-electron chi connectivity index (χ2n) is 9.68. The van der Waals surface area contributed by atoms with E-state index in [1.807, 2.05) is 6.07 Å². The second-order valence-corrected chi connectivity index (χ2v) is 10.1. The van der Waals surface area contributed by atoms with Gasteiger partial charge >= 0.3 is 6.18 Å². The molecule has 3 aromatic rings. The van der Waals surface area contributed by atoms with E-state index >= 15 is 0 Å². The Bertz CT molecular complexity index is 1220. The molecule has 0 bridgehead atoms. The average molecular weight is 478 g/mol. The van der Waals surface area contributed by atoms with Crippen LogP contribution in [0, 0.1) is 5.41 Å². The van der Waals surface area contributed by atoms with Crippen LogP contribution in [0.5, 0.6) is 0 Å². The summed E-state index contributed by atoms with van der Waals surface area (Å²) in [4.78, 5) is 8.32. The van der Waals surface area contributed by atoms with Gasteiger partial charge in [0, 0.05) is 36.3 Å². The molecular weight excluding hydrogens is 455 g/mol. The standard InChI is InChI=1S/C23H23ClF3N5O/c1-31-9-6-14(7-10-31)19-29-30-20(33-19)21-11-22(21,23(25,26)27)13-32(12-21)17-5-4-16(24)18-15(17)3-2-8-28-18/h2-5,8,14H,6-7,9-13H2,1H3/t21-,22-/m0/s1. The Kier molecular flexibility index (Phi) is 4.52. The number of benzene rings is 1. The quantitative estimate of drug-likeness (QED) is 0.540. The highest BCUT2D eigenvalue weighted by atomic mass is 35.5. The highest BCUT2D eigenvalue weighted by Gasteiger charge is 2.86. The van der Waals surface area contributed by atoms with Crippen LogP contribution in [0.1, 0.15) is 37.0 Å². The highest BCUT2D eigenvalue weighted by molar-refractivity contribution is 6.35. The lowest BCUT2D eigenvalue weighted by atomic mass is 9.95. The highest BCUT2D eigenvalue weighted by Crippen LogP contribution is 2.75. The van der Waals surface area contributed by atoms with E-state index in [1.165, 1.54) is 0 Å². The summed E-state index contributed by atoms with van der Waals surface area (Å²) >= 11 is 6.28. The topological polar surface area (TPSA) is 58.3 Å². The fourth-order valence-corrected chi connectivity index (χ4v) is 6.03. The molecule has 0 spiro atoms. The summed E-state index contributed by atoms with van der Waals surface area (Å²) in [6.45, 7) is 1.82. The molecule has 10 heteroatoms. The molecular formula is C23H23ClF3N5O. The van der Waals surface area contributed by atoms with Crippen LogP contribution in [0.4, 0.5) is 18.9 Å². The van der Waals surface area contributed by atoms with E-state index in [0.717, 1.165) is 31.3 Å². The molecule has 4 heterocycles. The Hall–Kier alpha value is -2.39. The molecule has 0 radical (unpaired) electrons. The van der Waals surface area contributed by atoms with Gasteiger partial charge in [-0.2, -0.15) is 13.2 Å². The molecule has 33 heavy (non-hydrogen) atoms. The van der Waals surface area contributed by atoms with Crippen LogP contribution in [0.3, 0.4) is 0 Å². The van der Waals surface area contributed by atoms with Gasteiger partial charge in [-0.25, -0.2) is 0 Å². The molecule has 0 unspecified atom stereocenters. The zero-order chi connectivity index (χ0) is 23.0. The Morgan fingerprint density at radius 1 is 1.12 bits per heavy atom.